The molecule has 0 N–H and O–H groups in total. The lowest BCUT2D eigenvalue weighted by Crippen LogP contribution is -2.36. The van der Waals surface area contributed by atoms with Gasteiger partial charge in [0.05, 0.1) is 11.3 Å². The van der Waals surface area contributed by atoms with E-state index in [9.17, 15) is 14.9 Å². The van der Waals surface area contributed by atoms with Crippen molar-refractivity contribution in [1.82, 2.24) is 0 Å². The van der Waals surface area contributed by atoms with E-state index >= 15 is 0 Å². The van der Waals surface area contributed by atoms with Crippen LogP contribution >= 0.6 is 11.6 Å². The average Bonchev–Trinajstić information content (AvgIpc) is 2.67. The zero-order chi connectivity index (χ0) is 18.7. The molecule has 0 spiro atoms. The molecule has 0 bridgehead atoms. The molecule has 1 saturated heterocycles. The number of hydrogen-bond acceptors (Lipinski definition) is 4. The molecule has 0 amide bonds. The van der Waals surface area contributed by atoms with Crippen LogP contribution < -0.4 is 4.90 Å². The van der Waals surface area contributed by atoms with Gasteiger partial charge in [-0.2, -0.15) is 5.26 Å². The van der Waals surface area contributed by atoms with Crippen LogP contribution in [0.3, 0.4) is 0 Å². The molecule has 0 aromatic heterocycles. The molecule has 1 heterocycles. The summed E-state index contributed by atoms with van der Waals surface area (Å²) in [4.78, 5) is 26.4. The van der Waals surface area contributed by atoms with E-state index in [4.69, 9.17) is 11.6 Å². The van der Waals surface area contributed by atoms with Crippen LogP contribution in [-0.2, 0) is 0 Å². The summed E-state index contributed by atoms with van der Waals surface area (Å²) in [5.41, 5.74) is 2.61. The van der Waals surface area contributed by atoms with Gasteiger partial charge >= 0.3 is 0 Å². The largest absolute Gasteiger partial charge is 0.370 e. The number of halogens is 1. The van der Waals surface area contributed by atoms with E-state index in [-0.39, 0.29) is 17.5 Å². The second kappa shape index (κ2) is 7.72. The van der Waals surface area contributed by atoms with Crippen LogP contribution in [0.5, 0.6) is 0 Å². The molecule has 0 aliphatic carbocycles. The molecule has 2 aromatic rings. The Balaban J connectivity index is 1.73. The molecule has 5 heteroatoms. The summed E-state index contributed by atoms with van der Waals surface area (Å²) in [6, 6.07) is 14.3. The number of ketones is 2. The van der Waals surface area contributed by atoms with E-state index < -0.39 is 0 Å². The summed E-state index contributed by atoms with van der Waals surface area (Å²) in [5, 5.41) is 9.98. The van der Waals surface area contributed by atoms with E-state index in [2.05, 4.69) is 11.0 Å². The second-order valence-electron chi connectivity index (χ2n) is 6.53. The summed E-state index contributed by atoms with van der Waals surface area (Å²) in [7, 11) is 0. The highest BCUT2D eigenvalue weighted by Crippen LogP contribution is 2.29. The number of rotatable bonds is 4. The molecule has 4 nitrogen and oxygen atoms in total. The lowest BCUT2D eigenvalue weighted by atomic mass is 9.88. The van der Waals surface area contributed by atoms with E-state index in [1.807, 2.05) is 0 Å². The molecule has 132 valence electrons. The molecule has 1 aliphatic rings. The summed E-state index contributed by atoms with van der Waals surface area (Å²) >= 11 is 5.88. The number of piperidine rings is 1. The van der Waals surface area contributed by atoms with Crippen molar-refractivity contribution in [2.24, 2.45) is 5.92 Å². The Morgan fingerprint density at radius 3 is 2.27 bits per heavy atom. The van der Waals surface area contributed by atoms with Crippen LogP contribution in [0, 0.1) is 17.2 Å². The lowest BCUT2D eigenvalue weighted by molar-refractivity contribution is 0.0900. The fourth-order valence-electron chi connectivity index (χ4n) is 3.34. The summed E-state index contributed by atoms with van der Waals surface area (Å²) < 4.78 is 0. The van der Waals surface area contributed by atoms with Gasteiger partial charge in [0.15, 0.2) is 11.6 Å². The first kappa shape index (κ1) is 18.2. The average molecular weight is 367 g/mol. The number of nitriles is 1. The van der Waals surface area contributed by atoms with Crippen LogP contribution in [0.25, 0.3) is 0 Å². The molecular weight excluding hydrogens is 348 g/mol. The van der Waals surface area contributed by atoms with Crippen molar-refractivity contribution in [2.75, 3.05) is 18.0 Å². The number of hydrogen-bond donors (Lipinski definition) is 0. The van der Waals surface area contributed by atoms with E-state index in [1.165, 1.54) is 6.92 Å². The molecule has 0 unspecified atom stereocenters. The zero-order valence-corrected chi connectivity index (χ0v) is 15.3. The maximum absolute atomic E-state index is 12.7. The van der Waals surface area contributed by atoms with Crippen molar-refractivity contribution in [2.45, 2.75) is 19.8 Å². The zero-order valence-electron chi connectivity index (χ0n) is 14.5. The van der Waals surface area contributed by atoms with Crippen LogP contribution in [0.15, 0.2) is 42.5 Å². The molecule has 1 fully saturated rings. The van der Waals surface area contributed by atoms with Gasteiger partial charge < -0.3 is 4.90 Å². The number of nitrogens with zero attached hydrogens (tertiary/aromatic N) is 2. The highest BCUT2D eigenvalue weighted by molar-refractivity contribution is 6.30. The van der Waals surface area contributed by atoms with Crippen molar-refractivity contribution in [3.63, 3.8) is 0 Å². The fraction of sp³-hybridized carbons (Fsp3) is 0.286. The third kappa shape index (κ3) is 3.79. The third-order valence-electron chi connectivity index (χ3n) is 4.86. The number of carbonyl (C=O) groups is 2. The highest BCUT2D eigenvalue weighted by atomic mass is 35.5. The predicted octanol–water partition coefficient (Wildman–Crippen LogP) is 4.51. The van der Waals surface area contributed by atoms with Crippen molar-refractivity contribution >= 4 is 28.9 Å². The molecule has 2 aromatic carbocycles. The Morgan fingerprint density at radius 2 is 1.69 bits per heavy atom. The minimum Gasteiger partial charge on any atom is -0.370 e. The van der Waals surface area contributed by atoms with Gasteiger partial charge in [-0.3, -0.25) is 9.59 Å². The lowest BCUT2D eigenvalue weighted by Gasteiger charge is -2.33. The first-order valence-electron chi connectivity index (χ1n) is 8.59. The smallest absolute Gasteiger partial charge is 0.166 e. The fourth-order valence-corrected chi connectivity index (χ4v) is 3.47. The first-order chi connectivity index (χ1) is 12.5. The number of benzene rings is 2. The Kier molecular flexibility index (Phi) is 5.39. The maximum atomic E-state index is 12.7. The molecule has 26 heavy (non-hydrogen) atoms. The summed E-state index contributed by atoms with van der Waals surface area (Å²) in [6.45, 7) is 2.88. The quantitative estimate of drug-likeness (QED) is 0.747. The molecule has 0 atom stereocenters. The minimum absolute atomic E-state index is 0.0245. The van der Waals surface area contributed by atoms with Gasteiger partial charge in [-0.1, -0.05) is 11.6 Å². The van der Waals surface area contributed by atoms with Gasteiger partial charge in [0.2, 0.25) is 0 Å². The topological polar surface area (TPSA) is 61.2 Å². The summed E-state index contributed by atoms with van der Waals surface area (Å²) in [5.74, 6) is 0.0804. The van der Waals surface area contributed by atoms with Gasteiger partial charge in [0.1, 0.15) is 6.07 Å². The third-order valence-corrected chi connectivity index (χ3v) is 5.11. The Labute approximate surface area is 158 Å². The van der Waals surface area contributed by atoms with Gasteiger partial charge in [-0.25, -0.2) is 0 Å². The van der Waals surface area contributed by atoms with Crippen molar-refractivity contribution in [1.29, 1.82) is 5.26 Å². The SMILES string of the molecule is CC(=O)c1ccc(C#N)c(N2CCC(C(=O)c3ccc(Cl)cc3)CC2)c1. The predicted molar refractivity (Wildman–Crippen MR) is 102 cm³/mol. The molecule has 0 radical (unpaired) electrons. The Morgan fingerprint density at radius 1 is 1.08 bits per heavy atom. The van der Waals surface area contributed by atoms with Gasteiger partial charge in [0, 0.05) is 35.2 Å². The monoisotopic (exact) mass is 366 g/mol. The van der Waals surface area contributed by atoms with Gasteiger partial charge in [0.25, 0.3) is 0 Å². The number of carbonyl (C=O) groups excluding carboxylic acids is 2. The Hall–Kier alpha value is -2.64. The number of anilines is 1. The van der Waals surface area contributed by atoms with E-state index in [1.54, 1.807) is 42.5 Å². The Bertz CT molecular complexity index is 876. The maximum Gasteiger partial charge on any atom is 0.166 e. The normalized spacial score (nSPS) is 14.7. The van der Waals surface area contributed by atoms with Crippen LogP contribution in [0.2, 0.25) is 5.02 Å². The first-order valence-corrected chi connectivity index (χ1v) is 8.97. The molecule has 3 rings (SSSR count). The number of Topliss-reactive ketones (excluding diaryl/α,β-unsaturated/α-hetero) is 2. The molecule has 1 aliphatic heterocycles. The van der Waals surface area contributed by atoms with E-state index in [0.717, 1.165) is 18.5 Å². The highest BCUT2D eigenvalue weighted by Gasteiger charge is 2.27. The van der Waals surface area contributed by atoms with Crippen molar-refractivity contribution in [3.8, 4) is 6.07 Å². The van der Waals surface area contributed by atoms with E-state index in [0.29, 0.717) is 34.8 Å². The van der Waals surface area contributed by atoms with Crippen LogP contribution in [0.1, 0.15) is 46.0 Å². The second-order valence-corrected chi connectivity index (χ2v) is 6.97. The minimum atomic E-state index is -0.0334. The van der Waals surface area contributed by atoms with Gasteiger partial charge in [-0.05, 0) is 62.2 Å². The van der Waals surface area contributed by atoms with Crippen molar-refractivity contribution in [3.05, 3.63) is 64.2 Å². The summed E-state index contributed by atoms with van der Waals surface area (Å²) in [6.07, 6.45) is 1.44. The molecular formula is C21H19ClN2O2. The van der Waals surface area contributed by atoms with Crippen LogP contribution in [-0.4, -0.2) is 24.7 Å². The van der Waals surface area contributed by atoms with Crippen LogP contribution in [0.4, 0.5) is 5.69 Å². The van der Waals surface area contributed by atoms with Crippen molar-refractivity contribution < 1.29 is 9.59 Å². The molecule has 0 saturated carbocycles. The van der Waals surface area contributed by atoms with Gasteiger partial charge in [-0.15, -0.1) is 0 Å². The standard InChI is InChI=1S/C21H19ClN2O2/c1-14(25)17-2-3-18(13-23)20(12-17)24-10-8-16(9-11-24)21(26)15-4-6-19(22)7-5-15/h2-7,12,16H,8-11H2,1H3.